The smallest absolute Gasteiger partial charge is 0.417 e. The van der Waals surface area contributed by atoms with Gasteiger partial charge in [-0.25, -0.2) is 9.69 Å². The molecule has 170 valence electrons. The Morgan fingerprint density at radius 1 is 1.33 bits per heavy atom. The molecule has 2 heterocycles. The van der Waals surface area contributed by atoms with Gasteiger partial charge in [-0.2, -0.15) is 0 Å². The quantitative estimate of drug-likeness (QED) is 0.493. The van der Waals surface area contributed by atoms with Crippen molar-refractivity contribution in [3.05, 3.63) is 10.6 Å². The first-order valence-electron chi connectivity index (χ1n) is 9.91. The van der Waals surface area contributed by atoms with Gasteiger partial charge in [0.15, 0.2) is 23.8 Å². The van der Waals surface area contributed by atoms with E-state index in [0.29, 0.717) is 12.8 Å². The van der Waals surface area contributed by atoms with E-state index >= 15 is 0 Å². The van der Waals surface area contributed by atoms with E-state index in [1.807, 2.05) is 13.8 Å². The first kappa shape index (κ1) is 24.9. The van der Waals surface area contributed by atoms with Crippen LogP contribution in [-0.2, 0) is 23.8 Å². The number of ketones is 1. The van der Waals surface area contributed by atoms with Crippen LogP contribution >= 0.6 is 15.9 Å². The lowest BCUT2D eigenvalue weighted by Crippen LogP contribution is -2.58. The Balaban J connectivity index is 2.33. The number of methoxy groups -OCH3 is 1. The SMILES string of the molecule is CO[C@@H](C(=O)N1C(=O)OC(C)(C)[C@H]1C(C)C)[C@H]1O[C@@](O)(CCCCO)C(Br)=CC1=O. The van der Waals surface area contributed by atoms with Crippen molar-refractivity contribution in [1.29, 1.82) is 0 Å². The molecule has 2 N–H and O–H groups in total. The average Bonchev–Trinajstić information content (AvgIpc) is 2.88. The van der Waals surface area contributed by atoms with Gasteiger partial charge in [0.1, 0.15) is 5.60 Å². The number of aliphatic hydroxyl groups is 2. The van der Waals surface area contributed by atoms with Crippen LogP contribution < -0.4 is 0 Å². The molecule has 0 radical (unpaired) electrons. The topological polar surface area (TPSA) is 123 Å². The number of cyclic esters (lactones) is 1. The van der Waals surface area contributed by atoms with Gasteiger partial charge in [0, 0.05) is 20.1 Å². The molecule has 0 aliphatic carbocycles. The fourth-order valence-corrected chi connectivity index (χ4v) is 4.61. The fraction of sp³-hybridized carbons (Fsp3) is 0.750. The Morgan fingerprint density at radius 2 is 1.97 bits per heavy atom. The van der Waals surface area contributed by atoms with E-state index in [4.69, 9.17) is 19.3 Å². The summed E-state index contributed by atoms with van der Waals surface area (Å²) in [4.78, 5) is 39.4. The molecule has 1 fully saturated rings. The third-order valence-electron chi connectivity index (χ3n) is 5.35. The summed E-state index contributed by atoms with van der Waals surface area (Å²) in [5, 5.41) is 19.9. The second kappa shape index (κ2) is 9.44. The molecular formula is C20H30BrNO8. The zero-order chi connectivity index (χ0) is 22.9. The Labute approximate surface area is 184 Å². The number of carbonyl (C=O) groups excluding carboxylic acids is 3. The molecular weight excluding hydrogens is 462 g/mol. The predicted octanol–water partition coefficient (Wildman–Crippen LogP) is 1.88. The molecule has 0 bridgehead atoms. The lowest BCUT2D eigenvalue weighted by atomic mass is 9.88. The van der Waals surface area contributed by atoms with Crippen LogP contribution in [0.15, 0.2) is 10.6 Å². The predicted molar refractivity (Wildman–Crippen MR) is 110 cm³/mol. The highest BCUT2D eigenvalue weighted by atomic mass is 79.9. The maximum Gasteiger partial charge on any atom is 0.417 e. The van der Waals surface area contributed by atoms with Crippen LogP contribution in [0.5, 0.6) is 0 Å². The first-order chi connectivity index (χ1) is 13.9. The minimum atomic E-state index is -1.85. The highest BCUT2D eigenvalue weighted by molar-refractivity contribution is 9.11. The Bertz CT molecular complexity index is 722. The van der Waals surface area contributed by atoms with Gasteiger partial charge in [-0.1, -0.05) is 13.8 Å². The van der Waals surface area contributed by atoms with E-state index in [1.165, 1.54) is 7.11 Å². The average molecular weight is 492 g/mol. The number of nitrogens with zero attached hydrogens (tertiary/aromatic N) is 1. The number of rotatable bonds is 8. The molecule has 4 atom stereocenters. The van der Waals surface area contributed by atoms with Crippen LogP contribution in [0.25, 0.3) is 0 Å². The molecule has 2 aliphatic heterocycles. The van der Waals surface area contributed by atoms with E-state index in [0.717, 1.165) is 11.0 Å². The summed E-state index contributed by atoms with van der Waals surface area (Å²) in [5.74, 6) is -3.32. The largest absolute Gasteiger partial charge is 0.441 e. The molecule has 30 heavy (non-hydrogen) atoms. The minimum Gasteiger partial charge on any atom is -0.441 e. The van der Waals surface area contributed by atoms with Crippen molar-refractivity contribution in [3.8, 4) is 0 Å². The molecule has 0 saturated carbocycles. The highest BCUT2D eigenvalue weighted by Crippen LogP contribution is 2.38. The molecule has 2 amide bonds. The summed E-state index contributed by atoms with van der Waals surface area (Å²) in [6, 6.07) is -0.570. The molecule has 10 heteroatoms. The number of halogens is 1. The van der Waals surface area contributed by atoms with Crippen LogP contribution in [0.1, 0.15) is 47.0 Å². The summed E-state index contributed by atoms with van der Waals surface area (Å²) >= 11 is 3.15. The zero-order valence-electron chi connectivity index (χ0n) is 17.9. The van der Waals surface area contributed by atoms with Crippen LogP contribution in [0.3, 0.4) is 0 Å². The van der Waals surface area contributed by atoms with E-state index in [2.05, 4.69) is 15.9 Å². The van der Waals surface area contributed by atoms with Gasteiger partial charge < -0.3 is 24.4 Å². The number of amides is 2. The summed E-state index contributed by atoms with van der Waals surface area (Å²) in [6.45, 7) is 7.10. The van der Waals surface area contributed by atoms with Crippen molar-refractivity contribution in [2.24, 2.45) is 5.92 Å². The van der Waals surface area contributed by atoms with E-state index in [1.54, 1.807) is 13.8 Å². The molecule has 2 rings (SSSR count). The number of unbranched alkanes of at least 4 members (excludes halogenated alkanes) is 1. The molecule has 9 nitrogen and oxygen atoms in total. The van der Waals surface area contributed by atoms with E-state index in [-0.39, 0.29) is 23.4 Å². The van der Waals surface area contributed by atoms with Gasteiger partial charge in [0.05, 0.1) is 10.5 Å². The van der Waals surface area contributed by atoms with Crippen molar-refractivity contribution < 1.29 is 38.8 Å². The molecule has 0 aromatic carbocycles. The minimum absolute atomic E-state index is 0.0532. The van der Waals surface area contributed by atoms with Crippen molar-refractivity contribution >= 4 is 33.7 Å². The maximum atomic E-state index is 13.3. The normalized spacial score (nSPS) is 29.8. The standard InChI is InChI=1S/C20H30BrNO8/c1-11(2)16-19(3,4)30-18(26)22(16)17(25)15(28-5)14-12(24)10-13(21)20(27,29-14)8-6-7-9-23/h10-11,14-16,23,27H,6-9H2,1-5H3/t14-,15+,16+,20-/m0/s1. The monoisotopic (exact) mass is 491 g/mol. The third-order valence-corrected chi connectivity index (χ3v) is 6.20. The van der Waals surface area contributed by atoms with Gasteiger partial charge in [-0.15, -0.1) is 0 Å². The van der Waals surface area contributed by atoms with Crippen LogP contribution in [0.2, 0.25) is 0 Å². The summed E-state index contributed by atoms with van der Waals surface area (Å²) in [5.41, 5.74) is -0.912. The number of ether oxygens (including phenoxy) is 3. The van der Waals surface area contributed by atoms with E-state index in [9.17, 15) is 19.5 Å². The highest BCUT2D eigenvalue weighted by Gasteiger charge is 2.55. The molecule has 0 unspecified atom stereocenters. The second-order valence-electron chi connectivity index (χ2n) is 8.42. The Morgan fingerprint density at radius 3 is 2.50 bits per heavy atom. The molecule has 0 aromatic heterocycles. The van der Waals surface area contributed by atoms with Gasteiger partial charge >= 0.3 is 6.09 Å². The lowest BCUT2D eigenvalue weighted by molar-refractivity contribution is -0.227. The molecule has 0 aromatic rings. The Kier molecular flexibility index (Phi) is 7.84. The second-order valence-corrected chi connectivity index (χ2v) is 9.28. The fourth-order valence-electron chi connectivity index (χ4n) is 4.09. The van der Waals surface area contributed by atoms with Crippen molar-refractivity contribution in [3.63, 3.8) is 0 Å². The van der Waals surface area contributed by atoms with Crippen molar-refractivity contribution in [2.45, 2.75) is 76.6 Å². The summed E-state index contributed by atoms with van der Waals surface area (Å²) in [6.07, 6.45) is -1.63. The first-order valence-corrected chi connectivity index (χ1v) is 10.7. The number of carbonyl (C=O) groups is 3. The van der Waals surface area contributed by atoms with Gasteiger partial charge in [-0.05, 0) is 54.6 Å². The summed E-state index contributed by atoms with van der Waals surface area (Å²) < 4.78 is 16.4. The maximum absolute atomic E-state index is 13.3. The molecule has 2 aliphatic rings. The Hall–Kier alpha value is -1.33. The summed E-state index contributed by atoms with van der Waals surface area (Å²) in [7, 11) is 1.23. The molecule has 1 saturated heterocycles. The van der Waals surface area contributed by atoms with Crippen LogP contribution in [0, 0.1) is 5.92 Å². The van der Waals surface area contributed by atoms with Crippen LogP contribution in [0.4, 0.5) is 4.79 Å². The van der Waals surface area contributed by atoms with Gasteiger partial charge in [0.2, 0.25) is 0 Å². The number of imide groups is 1. The zero-order valence-corrected chi connectivity index (χ0v) is 19.5. The third kappa shape index (κ3) is 4.77. The van der Waals surface area contributed by atoms with Crippen LogP contribution in [-0.4, -0.2) is 76.3 Å². The van der Waals surface area contributed by atoms with Gasteiger partial charge in [-0.3, -0.25) is 9.59 Å². The number of aliphatic hydroxyl groups excluding tert-OH is 1. The number of hydrogen-bond donors (Lipinski definition) is 2. The van der Waals surface area contributed by atoms with Crippen molar-refractivity contribution in [1.82, 2.24) is 4.90 Å². The van der Waals surface area contributed by atoms with Crippen molar-refractivity contribution in [2.75, 3.05) is 13.7 Å². The molecule has 0 spiro atoms. The van der Waals surface area contributed by atoms with Gasteiger partial charge in [0.25, 0.3) is 5.91 Å². The number of hydrogen-bond acceptors (Lipinski definition) is 8. The lowest BCUT2D eigenvalue weighted by Gasteiger charge is -2.38. The van der Waals surface area contributed by atoms with E-state index < -0.39 is 47.4 Å².